The second-order valence-electron chi connectivity index (χ2n) is 4.89. The van der Waals surface area contributed by atoms with Crippen molar-refractivity contribution in [3.05, 3.63) is 40.5 Å². The quantitative estimate of drug-likeness (QED) is 0.605. The van der Waals surface area contributed by atoms with E-state index in [1.807, 2.05) is 0 Å². The molecule has 138 valence electrons. The van der Waals surface area contributed by atoms with Gasteiger partial charge in [-0.25, -0.2) is 19.2 Å². The zero-order chi connectivity index (χ0) is 19.3. The molecule has 0 unspecified atom stereocenters. The molecule has 0 saturated carbocycles. The van der Waals surface area contributed by atoms with E-state index in [4.69, 9.17) is 31.5 Å². The summed E-state index contributed by atoms with van der Waals surface area (Å²) in [5.41, 5.74) is 5.99. The summed E-state index contributed by atoms with van der Waals surface area (Å²) in [5, 5.41) is 0.0891. The number of rotatable bonds is 6. The van der Waals surface area contributed by atoms with Crippen LogP contribution >= 0.6 is 11.6 Å². The van der Waals surface area contributed by atoms with Crippen molar-refractivity contribution in [1.29, 1.82) is 0 Å². The first-order chi connectivity index (χ1) is 12.4. The lowest BCUT2D eigenvalue weighted by atomic mass is 10.1. The number of aromatic nitrogens is 2. The number of nitrogens with two attached hydrogens (primary N) is 1. The fourth-order valence-electron chi connectivity index (χ4n) is 2.13. The second-order valence-corrected chi connectivity index (χ2v) is 5.29. The molecule has 2 rings (SSSR count). The molecule has 0 aliphatic carbocycles. The Hall–Kier alpha value is -2.87. The molecule has 0 radical (unpaired) electrons. The summed E-state index contributed by atoms with van der Waals surface area (Å²) in [6, 6.07) is 2.80. The number of ether oxygens (including phenoxy) is 3. The predicted molar refractivity (Wildman–Crippen MR) is 95.4 cm³/mol. The molecule has 2 N–H and O–H groups in total. The van der Waals surface area contributed by atoms with Gasteiger partial charge in [-0.05, 0) is 25.1 Å². The lowest BCUT2D eigenvalue weighted by Gasteiger charge is -2.12. The zero-order valence-corrected chi connectivity index (χ0v) is 15.1. The minimum atomic E-state index is -0.771. The molecule has 0 saturated heterocycles. The third-order valence-corrected chi connectivity index (χ3v) is 3.64. The maximum absolute atomic E-state index is 14.6. The lowest BCUT2D eigenvalue weighted by molar-refractivity contribution is 0.0593. The molecule has 2 aromatic rings. The number of carbonyl (C=O) groups excluding carboxylic acids is 1. The molecule has 0 spiro atoms. The molecule has 0 fully saturated rings. The van der Waals surface area contributed by atoms with E-state index >= 15 is 0 Å². The van der Waals surface area contributed by atoms with Gasteiger partial charge in [-0.1, -0.05) is 11.6 Å². The van der Waals surface area contributed by atoms with Crippen LogP contribution in [0.5, 0.6) is 5.75 Å². The van der Waals surface area contributed by atoms with E-state index in [2.05, 4.69) is 9.97 Å². The Balaban J connectivity index is 2.66. The van der Waals surface area contributed by atoms with Crippen molar-refractivity contribution in [2.45, 2.75) is 6.92 Å². The number of hydrogen-bond acceptors (Lipinski definition) is 7. The van der Waals surface area contributed by atoms with E-state index in [-0.39, 0.29) is 39.2 Å². The van der Waals surface area contributed by atoms with Crippen molar-refractivity contribution >= 4 is 29.5 Å². The first-order valence-corrected chi connectivity index (χ1v) is 7.88. The Morgan fingerprint density at radius 2 is 2.08 bits per heavy atom. The van der Waals surface area contributed by atoms with Crippen LogP contribution in [-0.2, 0) is 9.47 Å². The van der Waals surface area contributed by atoms with E-state index in [1.54, 1.807) is 6.92 Å². The number of methoxy groups -OCH3 is 2. The number of anilines is 1. The Morgan fingerprint density at radius 3 is 2.69 bits per heavy atom. The van der Waals surface area contributed by atoms with Gasteiger partial charge in [0.2, 0.25) is 0 Å². The van der Waals surface area contributed by atoms with Gasteiger partial charge in [-0.2, -0.15) is 0 Å². The number of esters is 1. The number of benzene rings is 1. The summed E-state index contributed by atoms with van der Waals surface area (Å²) in [6.45, 7) is 2.23. The average molecular weight is 382 g/mol. The van der Waals surface area contributed by atoms with Crippen LogP contribution in [0.3, 0.4) is 0 Å². The van der Waals surface area contributed by atoms with Crippen molar-refractivity contribution in [3.8, 4) is 17.1 Å². The van der Waals surface area contributed by atoms with Crippen molar-refractivity contribution in [2.24, 2.45) is 0 Å². The normalized spacial score (nSPS) is 10.8. The van der Waals surface area contributed by atoms with Crippen molar-refractivity contribution in [2.75, 3.05) is 26.6 Å². The SMILES string of the molecule is CCO/C=C\c1c(N)nc(-c2ccc(Cl)c(OC)c2F)nc1C(=O)OC. The minimum absolute atomic E-state index is 0.0246. The standard InChI is InChI=1S/C17H17ClFN3O4/c1-4-26-8-7-10-13(17(23)25-3)21-16(22-15(10)20)9-5-6-11(18)14(24-2)12(9)19/h5-8H,4H2,1-3H3,(H2,20,21,22)/b8-7-. The monoisotopic (exact) mass is 381 g/mol. The smallest absolute Gasteiger partial charge is 0.357 e. The van der Waals surface area contributed by atoms with Crippen LogP contribution in [-0.4, -0.2) is 36.8 Å². The molecular formula is C17H17ClFN3O4. The van der Waals surface area contributed by atoms with Crippen LogP contribution in [0.4, 0.5) is 10.2 Å². The van der Waals surface area contributed by atoms with Crippen LogP contribution in [0.2, 0.25) is 5.02 Å². The number of nitrogen functional groups attached to an aromatic ring is 1. The van der Waals surface area contributed by atoms with Gasteiger partial charge in [0.15, 0.2) is 23.1 Å². The Morgan fingerprint density at radius 1 is 1.35 bits per heavy atom. The fraction of sp³-hybridized carbons (Fsp3) is 0.235. The highest BCUT2D eigenvalue weighted by Gasteiger charge is 2.22. The number of hydrogen-bond donors (Lipinski definition) is 1. The predicted octanol–water partition coefficient (Wildman–Crippen LogP) is 3.32. The van der Waals surface area contributed by atoms with Crippen LogP contribution in [0.1, 0.15) is 23.0 Å². The molecule has 0 aliphatic heterocycles. The number of nitrogens with zero attached hydrogens (tertiary/aromatic N) is 2. The molecule has 1 aromatic heterocycles. The molecule has 0 aliphatic rings. The third-order valence-electron chi connectivity index (χ3n) is 3.35. The van der Waals surface area contributed by atoms with Crippen LogP contribution < -0.4 is 10.5 Å². The first kappa shape index (κ1) is 19.5. The lowest BCUT2D eigenvalue weighted by Crippen LogP contribution is -2.12. The van der Waals surface area contributed by atoms with E-state index in [9.17, 15) is 9.18 Å². The second kappa shape index (κ2) is 8.48. The minimum Gasteiger partial charge on any atom is -0.501 e. The van der Waals surface area contributed by atoms with Gasteiger partial charge in [-0.15, -0.1) is 0 Å². The molecule has 0 amide bonds. The Kier molecular flexibility index (Phi) is 6.35. The highest BCUT2D eigenvalue weighted by Crippen LogP contribution is 2.34. The molecule has 0 atom stereocenters. The first-order valence-electron chi connectivity index (χ1n) is 7.50. The summed E-state index contributed by atoms with van der Waals surface area (Å²) in [6.07, 6.45) is 2.79. The number of halogens is 2. The van der Waals surface area contributed by atoms with Crippen molar-refractivity contribution in [1.82, 2.24) is 9.97 Å². The van der Waals surface area contributed by atoms with Gasteiger partial charge in [0.25, 0.3) is 0 Å². The molecule has 26 heavy (non-hydrogen) atoms. The molecule has 9 heteroatoms. The van der Waals surface area contributed by atoms with Gasteiger partial charge in [0.05, 0.1) is 43.2 Å². The maximum Gasteiger partial charge on any atom is 0.357 e. The third kappa shape index (κ3) is 3.85. The molecule has 1 heterocycles. The maximum atomic E-state index is 14.6. The summed E-state index contributed by atoms with van der Waals surface area (Å²) in [7, 11) is 2.48. The van der Waals surface area contributed by atoms with Gasteiger partial charge in [0.1, 0.15) is 5.82 Å². The largest absolute Gasteiger partial charge is 0.501 e. The molecular weight excluding hydrogens is 365 g/mol. The summed E-state index contributed by atoms with van der Waals surface area (Å²) >= 11 is 5.89. The highest BCUT2D eigenvalue weighted by atomic mass is 35.5. The average Bonchev–Trinajstić information content (AvgIpc) is 2.62. The highest BCUT2D eigenvalue weighted by molar-refractivity contribution is 6.32. The summed E-state index contributed by atoms with van der Waals surface area (Å²) < 4.78 is 29.4. The number of carbonyl (C=O) groups is 1. The fourth-order valence-corrected chi connectivity index (χ4v) is 2.35. The van der Waals surface area contributed by atoms with E-state index in [0.717, 1.165) is 0 Å². The summed E-state index contributed by atoms with van der Waals surface area (Å²) in [5.74, 6) is -1.83. The van der Waals surface area contributed by atoms with Gasteiger partial charge < -0.3 is 19.9 Å². The van der Waals surface area contributed by atoms with Crippen molar-refractivity contribution < 1.29 is 23.4 Å². The van der Waals surface area contributed by atoms with E-state index in [0.29, 0.717) is 6.61 Å². The molecule has 0 bridgehead atoms. The Labute approximate surface area is 154 Å². The molecule has 7 nitrogen and oxygen atoms in total. The van der Waals surface area contributed by atoms with Gasteiger partial charge >= 0.3 is 5.97 Å². The van der Waals surface area contributed by atoms with Gasteiger partial charge in [0, 0.05) is 0 Å². The van der Waals surface area contributed by atoms with E-state index in [1.165, 1.54) is 38.7 Å². The van der Waals surface area contributed by atoms with Crippen LogP contribution in [0.25, 0.3) is 17.5 Å². The summed E-state index contributed by atoms with van der Waals surface area (Å²) in [4.78, 5) is 20.3. The topological polar surface area (TPSA) is 96.6 Å². The Bertz CT molecular complexity index is 858. The van der Waals surface area contributed by atoms with Crippen LogP contribution in [0.15, 0.2) is 18.4 Å². The zero-order valence-electron chi connectivity index (χ0n) is 14.4. The molecule has 1 aromatic carbocycles. The van der Waals surface area contributed by atoms with Crippen LogP contribution in [0, 0.1) is 5.82 Å². The van der Waals surface area contributed by atoms with E-state index < -0.39 is 11.8 Å². The van der Waals surface area contributed by atoms with Gasteiger partial charge in [-0.3, -0.25) is 0 Å². The van der Waals surface area contributed by atoms with Crippen molar-refractivity contribution in [3.63, 3.8) is 0 Å².